The van der Waals surface area contributed by atoms with Gasteiger partial charge in [0, 0.05) is 17.6 Å². The van der Waals surface area contributed by atoms with Gasteiger partial charge in [0.25, 0.3) is 0 Å². The van der Waals surface area contributed by atoms with E-state index in [2.05, 4.69) is 36.1 Å². The second-order valence-electron chi connectivity index (χ2n) is 4.69. The zero-order valence-electron chi connectivity index (χ0n) is 10.6. The first-order chi connectivity index (χ1) is 8.16. The highest BCUT2D eigenvalue weighted by atomic mass is 32.2. The quantitative estimate of drug-likeness (QED) is 0.895. The van der Waals surface area contributed by atoms with E-state index in [0.717, 1.165) is 11.7 Å². The van der Waals surface area contributed by atoms with Gasteiger partial charge in [0.05, 0.1) is 12.6 Å². The molecule has 1 aliphatic heterocycles. The summed E-state index contributed by atoms with van der Waals surface area (Å²) < 4.78 is 0. The number of nitrogens with zero attached hydrogens (tertiary/aromatic N) is 2. The third-order valence-corrected chi connectivity index (χ3v) is 4.43. The van der Waals surface area contributed by atoms with Crippen molar-refractivity contribution in [3.8, 4) is 0 Å². The third-order valence-electron chi connectivity index (χ3n) is 2.97. The Bertz CT molecular complexity index is 389. The van der Waals surface area contributed by atoms with Gasteiger partial charge in [0.2, 0.25) is 0 Å². The number of aliphatic imine (C=N–C) groups is 1. The molecule has 2 rings (SSSR count). The first-order valence-electron chi connectivity index (χ1n) is 6.04. The fraction of sp³-hybridized carbons (Fsp3) is 0.538. The number of rotatable bonds is 3. The zero-order valence-corrected chi connectivity index (χ0v) is 11.4. The number of hydrogen-bond acceptors (Lipinski definition) is 4. The molecule has 2 unspecified atom stereocenters. The summed E-state index contributed by atoms with van der Waals surface area (Å²) in [5, 5.41) is 5.17. The van der Waals surface area contributed by atoms with Gasteiger partial charge in [-0.2, -0.15) is 0 Å². The van der Waals surface area contributed by atoms with Crippen molar-refractivity contribution < 1.29 is 0 Å². The predicted octanol–water partition coefficient (Wildman–Crippen LogP) is 2.86. The van der Waals surface area contributed by atoms with Crippen molar-refractivity contribution in [1.29, 1.82) is 0 Å². The van der Waals surface area contributed by atoms with Crippen molar-refractivity contribution in [2.75, 3.05) is 6.54 Å². The summed E-state index contributed by atoms with van der Waals surface area (Å²) in [5.41, 5.74) is 1.25. The van der Waals surface area contributed by atoms with Crippen LogP contribution in [0.5, 0.6) is 0 Å². The first-order valence-corrected chi connectivity index (χ1v) is 6.92. The Balaban J connectivity index is 1.91. The predicted molar refractivity (Wildman–Crippen MR) is 74.3 cm³/mol. The van der Waals surface area contributed by atoms with Crippen LogP contribution in [-0.2, 0) is 0 Å². The molecule has 1 aromatic rings. The molecule has 1 aliphatic rings. The minimum atomic E-state index is 0.287. The lowest BCUT2D eigenvalue weighted by Gasteiger charge is -2.16. The molecule has 0 saturated heterocycles. The van der Waals surface area contributed by atoms with Gasteiger partial charge < -0.3 is 5.32 Å². The van der Waals surface area contributed by atoms with Crippen LogP contribution in [0, 0.1) is 5.92 Å². The summed E-state index contributed by atoms with van der Waals surface area (Å²) in [6.45, 7) is 7.60. The van der Waals surface area contributed by atoms with Crippen LogP contribution in [0.3, 0.4) is 0 Å². The van der Waals surface area contributed by atoms with Gasteiger partial charge >= 0.3 is 0 Å². The highest BCUT2D eigenvalue weighted by Crippen LogP contribution is 2.27. The van der Waals surface area contributed by atoms with Gasteiger partial charge in [-0.3, -0.25) is 9.98 Å². The number of amidine groups is 1. The van der Waals surface area contributed by atoms with Gasteiger partial charge in [0.1, 0.15) is 0 Å². The smallest absolute Gasteiger partial charge is 0.157 e. The molecule has 2 heterocycles. The minimum Gasteiger partial charge on any atom is -0.358 e. The Morgan fingerprint density at radius 1 is 1.29 bits per heavy atom. The van der Waals surface area contributed by atoms with E-state index in [9.17, 15) is 0 Å². The van der Waals surface area contributed by atoms with Gasteiger partial charge in [-0.1, -0.05) is 25.6 Å². The van der Waals surface area contributed by atoms with E-state index in [1.165, 1.54) is 5.56 Å². The van der Waals surface area contributed by atoms with Crippen molar-refractivity contribution in [3.63, 3.8) is 0 Å². The average Bonchev–Trinajstić information content (AvgIpc) is 2.79. The average molecular weight is 249 g/mol. The molecule has 0 spiro atoms. The Morgan fingerprint density at radius 2 is 2.00 bits per heavy atom. The summed E-state index contributed by atoms with van der Waals surface area (Å²) in [6.07, 6.45) is 3.65. The normalized spacial score (nSPS) is 21.4. The lowest BCUT2D eigenvalue weighted by molar-refractivity contribution is 0.621. The van der Waals surface area contributed by atoms with Crippen molar-refractivity contribution >= 4 is 16.9 Å². The molecule has 17 heavy (non-hydrogen) atoms. The van der Waals surface area contributed by atoms with E-state index in [-0.39, 0.29) is 6.04 Å². The molecular weight excluding hydrogens is 230 g/mol. The standard InChI is InChI=1S/C13H19N3S/c1-9(2)12-8-15-13(17-12)16-10(3)11-4-6-14-7-5-11/h4-7,9-10,12H,8H2,1-3H3,(H,15,16). The van der Waals surface area contributed by atoms with Crippen LogP contribution in [0.1, 0.15) is 32.4 Å². The van der Waals surface area contributed by atoms with Crippen molar-refractivity contribution in [1.82, 2.24) is 10.3 Å². The number of pyridine rings is 1. The highest BCUT2D eigenvalue weighted by molar-refractivity contribution is 8.14. The summed E-state index contributed by atoms with van der Waals surface area (Å²) in [4.78, 5) is 8.59. The van der Waals surface area contributed by atoms with Crippen LogP contribution >= 0.6 is 11.8 Å². The molecule has 0 saturated carbocycles. The molecular formula is C13H19N3S. The molecule has 3 nitrogen and oxygen atoms in total. The van der Waals surface area contributed by atoms with Crippen LogP contribution in [0.25, 0.3) is 0 Å². The lowest BCUT2D eigenvalue weighted by atomic mass is 10.1. The first kappa shape index (κ1) is 12.4. The maximum Gasteiger partial charge on any atom is 0.157 e. The molecule has 4 heteroatoms. The minimum absolute atomic E-state index is 0.287. The Kier molecular flexibility index (Phi) is 4.05. The lowest BCUT2D eigenvalue weighted by Crippen LogP contribution is -2.24. The molecule has 2 atom stereocenters. The van der Waals surface area contributed by atoms with E-state index in [1.54, 1.807) is 0 Å². The summed E-state index contributed by atoms with van der Waals surface area (Å²) in [7, 11) is 0. The fourth-order valence-corrected chi connectivity index (χ4v) is 2.84. The Morgan fingerprint density at radius 3 is 2.59 bits per heavy atom. The molecule has 0 fully saturated rings. The van der Waals surface area contributed by atoms with Crippen LogP contribution in [-0.4, -0.2) is 21.9 Å². The van der Waals surface area contributed by atoms with Crippen molar-refractivity contribution in [2.24, 2.45) is 10.9 Å². The number of hydrogen-bond donors (Lipinski definition) is 1. The van der Waals surface area contributed by atoms with Gasteiger partial charge in [-0.25, -0.2) is 0 Å². The zero-order chi connectivity index (χ0) is 12.3. The third kappa shape index (κ3) is 3.22. The number of thioether (sulfide) groups is 1. The van der Waals surface area contributed by atoms with Crippen LogP contribution in [0.15, 0.2) is 29.5 Å². The van der Waals surface area contributed by atoms with E-state index in [0.29, 0.717) is 11.2 Å². The van der Waals surface area contributed by atoms with Gasteiger partial charge in [0.15, 0.2) is 5.17 Å². The summed E-state index contributed by atoms with van der Waals surface area (Å²) in [6, 6.07) is 4.37. The molecule has 0 aliphatic carbocycles. The van der Waals surface area contributed by atoms with Crippen LogP contribution in [0.4, 0.5) is 0 Å². The molecule has 0 bridgehead atoms. The monoisotopic (exact) mass is 249 g/mol. The topological polar surface area (TPSA) is 37.3 Å². The molecule has 0 radical (unpaired) electrons. The summed E-state index contributed by atoms with van der Waals surface area (Å²) >= 11 is 1.87. The maximum absolute atomic E-state index is 4.56. The van der Waals surface area contributed by atoms with Crippen molar-refractivity contribution in [3.05, 3.63) is 30.1 Å². The van der Waals surface area contributed by atoms with Crippen molar-refractivity contribution in [2.45, 2.75) is 32.1 Å². The second-order valence-corrected chi connectivity index (χ2v) is 5.92. The highest BCUT2D eigenvalue weighted by Gasteiger charge is 2.23. The molecule has 1 aromatic heterocycles. The molecule has 92 valence electrons. The van der Waals surface area contributed by atoms with Crippen LogP contribution in [0.2, 0.25) is 0 Å². The molecule has 0 aromatic carbocycles. The van der Waals surface area contributed by atoms with Gasteiger partial charge in [-0.15, -0.1) is 0 Å². The largest absolute Gasteiger partial charge is 0.358 e. The molecule has 1 N–H and O–H groups in total. The van der Waals surface area contributed by atoms with E-state index in [1.807, 2.05) is 36.3 Å². The van der Waals surface area contributed by atoms with Gasteiger partial charge in [-0.05, 0) is 30.5 Å². The number of nitrogens with one attached hydrogen (secondary N) is 1. The summed E-state index contributed by atoms with van der Waals surface area (Å²) in [5.74, 6) is 0.680. The van der Waals surface area contributed by atoms with Crippen LogP contribution < -0.4 is 5.32 Å². The molecule has 0 amide bonds. The maximum atomic E-state index is 4.56. The Hall–Kier alpha value is -1.03. The fourth-order valence-electron chi connectivity index (χ4n) is 1.74. The Labute approximate surface area is 107 Å². The van der Waals surface area contributed by atoms with E-state index in [4.69, 9.17) is 0 Å². The van der Waals surface area contributed by atoms with E-state index >= 15 is 0 Å². The second kappa shape index (κ2) is 5.54. The number of aromatic nitrogens is 1. The SMILES string of the molecule is CC(NC1=NCC(C(C)C)S1)c1ccncc1. The van der Waals surface area contributed by atoms with E-state index < -0.39 is 0 Å².